The second-order valence-electron chi connectivity index (χ2n) is 3.85. The second-order valence-corrected chi connectivity index (χ2v) is 3.85. The Morgan fingerprint density at radius 2 is 2.00 bits per heavy atom. The van der Waals surface area contributed by atoms with Crippen LogP contribution < -0.4 is 0 Å². The Morgan fingerprint density at radius 1 is 1.27 bits per heavy atom. The highest BCUT2D eigenvalue weighted by atomic mass is 16.5. The fraction of sp³-hybridized carbons (Fsp3) is 0.917. The molecule has 0 saturated heterocycles. The van der Waals surface area contributed by atoms with Crippen LogP contribution in [-0.2, 0) is 9.53 Å². The number of unbranched alkanes of at least 4 members (excludes halogenated alkanes) is 2. The zero-order valence-electron chi connectivity index (χ0n) is 10.00. The molecule has 1 atom stereocenters. The van der Waals surface area contributed by atoms with Crippen molar-refractivity contribution < 1.29 is 14.6 Å². The lowest BCUT2D eigenvalue weighted by atomic mass is 10.00. The van der Waals surface area contributed by atoms with Gasteiger partial charge in [-0.1, -0.05) is 26.7 Å². The predicted octanol–water partition coefficient (Wildman–Crippen LogP) is 2.52. The second kappa shape index (κ2) is 9.97. The van der Waals surface area contributed by atoms with Crippen molar-refractivity contribution in [2.75, 3.05) is 13.2 Å². The Morgan fingerprint density at radius 3 is 2.53 bits per heavy atom. The minimum Gasteiger partial charge on any atom is -0.465 e. The first-order chi connectivity index (χ1) is 7.26. The molecule has 0 amide bonds. The summed E-state index contributed by atoms with van der Waals surface area (Å²) in [6, 6.07) is 0. The third-order valence-electron chi connectivity index (χ3n) is 2.53. The maximum Gasteiger partial charge on any atom is 0.308 e. The molecule has 0 fully saturated rings. The molecule has 0 rings (SSSR count). The van der Waals surface area contributed by atoms with Crippen LogP contribution >= 0.6 is 0 Å². The molecule has 3 nitrogen and oxygen atoms in total. The SMILES string of the molecule is CCCCC(CC)C(=O)OCCCCO. The van der Waals surface area contributed by atoms with E-state index in [-0.39, 0.29) is 18.5 Å². The van der Waals surface area contributed by atoms with Crippen LogP contribution in [0.4, 0.5) is 0 Å². The van der Waals surface area contributed by atoms with E-state index in [0.29, 0.717) is 13.0 Å². The smallest absolute Gasteiger partial charge is 0.308 e. The monoisotopic (exact) mass is 216 g/mol. The molecule has 0 aromatic rings. The van der Waals surface area contributed by atoms with Crippen molar-refractivity contribution in [1.82, 2.24) is 0 Å². The van der Waals surface area contributed by atoms with Crippen LogP contribution in [0.1, 0.15) is 52.4 Å². The fourth-order valence-electron chi connectivity index (χ4n) is 1.44. The molecule has 0 heterocycles. The van der Waals surface area contributed by atoms with Crippen molar-refractivity contribution in [3.8, 4) is 0 Å². The normalized spacial score (nSPS) is 12.5. The van der Waals surface area contributed by atoms with E-state index in [1.165, 1.54) is 0 Å². The number of esters is 1. The van der Waals surface area contributed by atoms with Crippen LogP contribution in [0.3, 0.4) is 0 Å². The minimum absolute atomic E-state index is 0.0658. The molecular weight excluding hydrogens is 192 g/mol. The standard InChI is InChI=1S/C12H24O3/c1-3-5-8-11(4-2)12(14)15-10-7-6-9-13/h11,13H,3-10H2,1-2H3. The average molecular weight is 216 g/mol. The topological polar surface area (TPSA) is 46.5 Å². The van der Waals surface area contributed by atoms with Crippen molar-refractivity contribution in [1.29, 1.82) is 0 Å². The Hall–Kier alpha value is -0.570. The molecule has 0 aliphatic rings. The summed E-state index contributed by atoms with van der Waals surface area (Å²) in [5.74, 6) is 0.00275. The van der Waals surface area contributed by atoms with Crippen LogP contribution in [0.25, 0.3) is 0 Å². The van der Waals surface area contributed by atoms with Gasteiger partial charge in [-0.05, 0) is 25.7 Å². The molecule has 1 N–H and O–H groups in total. The number of aliphatic hydroxyl groups is 1. The molecule has 0 saturated carbocycles. The van der Waals surface area contributed by atoms with Gasteiger partial charge >= 0.3 is 5.97 Å². The maximum atomic E-state index is 11.6. The zero-order chi connectivity index (χ0) is 11.5. The van der Waals surface area contributed by atoms with Gasteiger partial charge in [-0.3, -0.25) is 4.79 Å². The number of carbonyl (C=O) groups excluding carboxylic acids is 1. The largest absolute Gasteiger partial charge is 0.465 e. The Bertz CT molecular complexity index is 157. The summed E-state index contributed by atoms with van der Waals surface area (Å²) in [7, 11) is 0. The minimum atomic E-state index is -0.0658. The quantitative estimate of drug-likeness (QED) is 0.476. The molecule has 0 bridgehead atoms. The molecule has 0 aliphatic heterocycles. The maximum absolute atomic E-state index is 11.6. The van der Waals surface area contributed by atoms with Crippen LogP contribution in [0.15, 0.2) is 0 Å². The first-order valence-electron chi connectivity index (χ1n) is 6.03. The Kier molecular flexibility index (Phi) is 9.59. The average Bonchev–Trinajstić information content (AvgIpc) is 2.25. The van der Waals surface area contributed by atoms with Crippen molar-refractivity contribution in [3.63, 3.8) is 0 Å². The number of aliphatic hydroxyl groups excluding tert-OH is 1. The molecule has 0 spiro atoms. The lowest BCUT2D eigenvalue weighted by Gasteiger charge is -2.13. The molecule has 0 aromatic heterocycles. The van der Waals surface area contributed by atoms with Gasteiger partial charge in [0.1, 0.15) is 0 Å². The summed E-state index contributed by atoms with van der Waals surface area (Å²) in [5.41, 5.74) is 0. The third-order valence-corrected chi connectivity index (χ3v) is 2.53. The summed E-state index contributed by atoms with van der Waals surface area (Å²) in [4.78, 5) is 11.6. The van der Waals surface area contributed by atoms with Crippen molar-refractivity contribution in [2.24, 2.45) is 5.92 Å². The van der Waals surface area contributed by atoms with E-state index in [2.05, 4.69) is 6.92 Å². The lowest BCUT2D eigenvalue weighted by Crippen LogP contribution is -2.17. The van der Waals surface area contributed by atoms with Crippen LogP contribution in [0.5, 0.6) is 0 Å². The summed E-state index contributed by atoms with van der Waals surface area (Å²) in [6.07, 6.45) is 5.47. The van der Waals surface area contributed by atoms with E-state index in [1.54, 1.807) is 0 Å². The highest BCUT2D eigenvalue weighted by Gasteiger charge is 2.16. The predicted molar refractivity (Wildman–Crippen MR) is 60.6 cm³/mol. The number of hydrogen-bond acceptors (Lipinski definition) is 3. The van der Waals surface area contributed by atoms with Gasteiger partial charge < -0.3 is 9.84 Å². The van der Waals surface area contributed by atoms with E-state index < -0.39 is 0 Å². The van der Waals surface area contributed by atoms with Gasteiger partial charge in [-0.25, -0.2) is 0 Å². The number of ether oxygens (including phenoxy) is 1. The summed E-state index contributed by atoms with van der Waals surface area (Å²) < 4.78 is 5.14. The van der Waals surface area contributed by atoms with Crippen molar-refractivity contribution in [3.05, 3.63) is 0 Å². The molecule has 0 aromatic carbocycles. The summed E-state index contributed by atoms with van der Waals surface area (Å²) in [6.45, 7) is 4.77. The van der Waals surface area contributed by atoms with Gasteiger partial charge in [0.2, 0.25) is 0 Å². The number of rotatable bonds is 9. The van der Waals surface area contributed by atoms with Gasteiger partial charge in [0.05, 0.1) is 12.5 Å². The van der Waals surface area contributed by atoms with Crippen LogP contribution in [-0.4, -0.2) is 24.3 Å². The fourth-order valence-corrected chi connectivity index (χ4v) is 1.44. The number of carbonyl (C=O) groups is 1. The Labute approximate surface area is 92.8 Å². The Balaban J connectivity index is 3.63. The molecular formula is C12H24O3. The molecule has 3 heteroatoms. The summed E-state index contributed by atoms with van der Waals surface area (Å²) >= 11 is 0. The van der Waals surface area contributed by atoms with E-state index in [0.717, 1.165) is 32.1 Å². The first kappa shape index (κ1) is 14.4. The van der Waals surface area contributed by atoms with Gasteiger partial charge in [0.15, 0.2) is 0 Å². The molecule has 0 aliphatic carbocycles. The zero-order valence-corrected chi connectivity index (χ0v) is 10.00. The highest BCUT2D eigenvalue weighted by molar-refractivity contribution is 5.72. The first-order valence-corrected chi connectivity index (χ1v) is 6.03. The summed E-state index contributed by atoms with van der Waals surface area (Å²) in [5, 5.41) is 8.56. The molecule has 15 heavy (non-hydrogen) atoms. The van der Waals surface area contributed by atoms with Crippen LogP contribution in [0.2, 0.25) is 0 Å². The van der Waals surface area contributed by atoms with Gasteiger partial charge in [0, 0.05) is 6.61 Å². The molecule has 0 radical (unpaired) electrons. The van der Waals surface area contributed by atoms with E-state index in [9.17, 15) is 4.79 Å². The highest BCUT2D eigenvalue weighted by Crippen LogP contribution is 2.14. The van der Waals surface area contributed by atoms with Gasteiger partial charge in [-0.2, -0.15) is 0 Å². The van der Waals surface area contributed by atoms with E-state index in [1.807, 2.05) is 6.92 Å². The van der Waals surface area contributed by atoms with Crippen LogP contribution in [0, 0.1) is 5.92 Å². The van der Waals surface area contributed by atoms with E-state index in [4.69, 9.17) is 9.84 Å². The van der Waals surface area contributed by atoms with E-state index >= 15 is 0 Å². The van der Waals surface area contributed by atoms with Crippen molar-refractivity contribution >= 4 is 5.97 Å². The molecule has 1 unspecified atom stereocenters. The van der Waals surface area contributed by atoms with Crippen molar-refractivity contribution in [2.45, 2.75) is 52.4 Å². The lowest BCUT2D eigenvalue weighted by molar-refractivity contribution is -0.149. The number of hydrogen-bond donors (Lipinski definition) is 1. The van der Waals surface area contributed by atoms with Gasteiger partial charge in [-0.15, -0.1) is 0 Å². The molecule has 90 valence electrons. The van der Waals surface area contributed by atoms with Gasteiger partial charge in [0.25, 0.3) is 0 Å². The third kappa shape index (κ3) is 7.37.